The van der Waals surface area contributed by atoms with Gasteiger partial charge in [-0.3, -0.25) is 4.79 Å². The van der Waals surface area contributed by atoms with Gasteiger partial charge >= 0.3 is 0 Å². The third-order valence-corrected chi connectivity index (χ3v) is 7.07. The Morgan fingerprint density at radius 1 is 1.08 bits per heavy atom. The molecule has 0 unspecified atom stereocenters. The molecule has 0 spiro atoms. The molecule has 0 saturated carbocycles. The molecule has 1 aromatic heterocycles. The molecule has 26 heavy (non-hydrogen) atoms. The predicted octanol–water partition coefficient (Wildman–Crippen LogP) is 2.05. The molecule has 140 valence electrons. The highest BCUT2D eigenvalue weighted by molar-refractivity contribution is 7.89. The summed E-state index contributed by atoms with van der Waals surface area (Å²) in [5.74, 6) is 0.233. The Balaban J connectivity index is 1.75. The van der Waals surface area contributed by atoms with Crippen LogP contribution in [0.5, 0.6) is 0 Å². The topological polar surface area (TPSA) is 83.7 Å². The minimum Gasteiger partial charge on any atom is -0.360 e. The number of amides is 1. The first-order valence-corrected chi connectivity index (χ1v) is 9.96. The molecule has 1 saturated heterocycles. The van der Waals surface area contributed by atoms with Crippen molar-refractivity contribution in [2.45, 2.75) is 32.6 Å². The van der Waals surface area contributed by atoms with Gasteiger partial charge in [-0.15, -0.1) is 0 Å². The first-order chi connectivity index (χ1) is 12.2. The van der Waals surface area contributed by atoms with E-state index in [1.807, 2.05) is 32.0 Å². The molecule has 8 heteroatoms. The van der Waals surface area contributed by atoms with Gasteiger partial charge in [0, 0.05) is 31.7 Å². The van der Waals surface area contributed by atoms with Gasteiger partial charge in [-0.1, -0.05) is 17.3 Å². The third-order valence-electron chi connectivity index (χ3n) is 4.93. The van der Waals surface area contributed by atoms with Crippen LogP contribution in [-0.2, 0) is 10.0 Å². The summed E-state index contributed by atoms with van der Waals surface area (Å²) >= 11 is 0. The number of sulfonamides is 1. The van der Waals surface area contributed by atoms with Crippen LogP contribution in [0.15, 0.2) is 27.6 Å². The van der Waals surface area contributed by atoms with Crippen LogP contribution < -0.4 is 0 Å². The first-order valence-electron chi connectivity index (χ1n) is 8.52. The van der Waals surface area contributed by atoms with Crippen LogP contribution in [0, 0.1) is 27.7 Å². The lowest BCUT2D eigenvalue weighted by atomic mass is 10.0. The van der Waals surface area contributed by atoms with Crippen molar-refractivity contribution >= 4 is 15.9 Å². The molecule has 0 aliphatic carbocycles. The average molecular weight is 377 g/mol. The Labute approximate surface area is 153 Å². The highest BCUT2D eigenvalue weighted by Crippen LogP contribution is 2.25. The van der Waals surface area contributed by atoms with E-state index in [-0.39, 0.29) is 29.7 Å². The minimum atomic E-state index is -3.67. The summed E-state index contributed by atoms with van der Waals surface area (Å²) in [4.78, 5) is 14.6. The molecule has 0 N–H and O–H groups in total. The van der Waals surface area contributed by atoms with Gasteiger partial charge in [0.1, 0.15) is 10.6 Å². The molecular weight excluding hydrogens is 354 g/mol. The summed E-state index contributed by atoms with van der Waals surface area (Å²) in [6.45, 7) is 8.33. The molecular formula is C18H23N3O4S. The van der Waals surface area contributed by atoms with Crippen LogP contribution in [0.1, 0.15) is 32.9 Å². The van der Waals surface area contributed by atoms with Crippen molar-refractivity contribution in [3.8, 4) is 0 Å². The van der Waals surface area contributed by atoms with Crippen molar-refractivity contribution in [3.63, 3.8) is 0 Å². The number of hydrogen-bond donors (Lipinski definition) is 0. The summed E-state index contributed by atoms with van der Waals surface area (Å²) in [6, 6.07) is 5.66. The lowest BCUT2D eigenvalue weighted by molar-refractivity contribution is 0.0697. The van der Waals surface area contributed by atoms with Crippen LogP contribution in [0.25, 0.3) is 0 Å². The Morgan fingerprint density at radius 3 is 2.31 bits per heavy atom. The lowest BCUT2D eigenvalue weighted by Gasteiger charge is -2.34. The predicted molar refractivity (Wildman–Crippen MR) is 96.6 cm³/mol. The number of carbonyl (C=O) groups excluding carboxylic acids is 1. The second-order valence-electron chi connectivity index (χ2n) is 6.60. The number of hydrogen-bond acceptors (Lipinski definition) is 5. The van der Waals surface area contributed by atoms with Gasteiger partial charge in [0.15, 0.2) is 5.76 Å². The SMILES string of the molecule is Cc1cccc(C(=O)N2CCN(S(=O)(=O)c3c(C)noc3C)CC2)c1C. The number of nitrogens with zero attached hydrogens (tertiary/aromatic N) is 3. The Hall–Kier alpha value is -2.19. The monoisotopic (exact) mass is 377 g/mol. The van der Waals surface area contributed by atoms with E-state index in [4.69, 9.17) is 4.52 Å². The molecule has 0 radical (unpaired) electrons. The number of carbonyl (C=O) groups is 1. The number of rotatable bonds is 3. The van der Waals surface area contributed by atoms with Crippen molar-refractivity contribution < 1.29 is 17.7 Å². The standard InChI is InChI=1S/C18H23N3O4S/c1-12-6-5-7-16(13(12)2)18(22)20-8-10-21(11-9-20)26(23,24)17-14(3)19-25-15(17)4/h5-7H,8-11H2,1-4H3. The maximum atomic E-state index is 12.9. The summed E-state index contributed by atoms with van der Waals surface area (Å²) in [5, 5.41) is 3.73. The van der Waals surface area contributed by atoms with Gasteiger partial charge < -0.3 is 9.42 Å². The normalized spacial score (nSPS) is 16.1. The molecule has 1 fully saturated rings. The highest BCUT2D eigenvalue weighted by atomic mass is 32.2. The Bertz CT molecular complexity index is 922. The maximum absolute atomic E-state index is 12.9. The summed E-state index contributed by atoms with van der Waals surface area (Å²) in [7, 11) is -3.67. The van der Waals surface area contributed by atoms with Crippen molar-refractivity contribution in [1.82, 2.24) is 14.4 Å². The molecule has 1 aliphatic rings. The van der Waals surface area contributed by atoms with E-state index in [0.717, 1.165) is 11.1 Å². The van der Waals surface area contributed by atoms with Crippen molar-refractivity contribution in [1.29, 1.82) is 0 Å². The van der Waals surface area contributed by atoms with Crippen LogP contribution in [0.2, 0.25) is 0 Å². The minimum absolute atomic E-state index is 0.0550. The average Bonchev–Trinajstić information content (AvgIpc) is 2.96. The largest absolute Gasteiger partial charge is 0.360 e. The van der Waals surface area contributed by atoms with E-state index >= 15 is 0 Å². The van der Waals surface area contributed by atoms with Crippen molar-refractivity contribution in [2.24, 2.45) is 0 Å². The van der Waals surface area contributed by atoms with Crippen molar-refractivity contribution in [2.75, 3.05) is 26.2 Å². The number of piperazine rings is 1. The molecule has 3 rings (SSSR count). The zero-order valence-corrected chi connectivity index (χ0v) is 16.3. The van der Waals surface area contributed by atoms with E-state index < -0.39 is 10.0 Å². The first kappa shape index (κ1) is 18.6. The lowest BCUT2D eigenvalue weighted by Crippen LogP contribution is -2.50. The molecule has 0 atom stereocenters. The summed E-state index contributed by atoms with van der Waals surface area (Å²) < 4.78 is 32.1. The van der Waals surface area contributed by atoms with Crippen LogP contribution >= 0.6 is 0 Å². The zero-order valence-electron chi connectivity index (χ0n) is 15.4. The molecule has 1 amide bonds. The fourth-order valence-electron chi connectivity index (χ4n) is 3.26. The molecule has 2 aromatic rings. The van der Waals surface area contributed by atoms with Gasteiger partial charge in [-0.2, -0.15) is 4.31 Å². The highest BCUT2D eigenvalue weighted by Gasteiger charge is 2.34. The van der Waals surface area contributed by atoms with E-state index in [2.05, 4.69) is 5.16 Å². The quantitative estimate of drug-likeness (QED) is 0.817. The molecule has 7 nitrogen and oxygen atoms in total. The number of aromatic nitrogens is 1. The van der Waals surface area contributed by atoms with E-state index in [9.17, 15) is 13.2 Å². The number of benzene rings is 1. The molecule has 0 bridgehead atoms. The molecule has 2 heterocycles. The van der Waals surface area contributed by atoms with Gasteiger partial charge in [0.25, 0.3) is 5.91 Å². The second-order valence-corrected chi connectivity index (χ2v) is 8.47. The van der Waals surface area contributed by atoms with Crippen LogP contribution in [-0.4, -0.2) is 54.9 Å². The fraction of sp³-hybridized carbons (Fsp3) is 0.444. The number of aryl methyl sites for hydroxylation is 3. The van der Waals surface area contributed by atoms with Gasteiger partial charge in [0.05, 0.1) is 0 Å². The van der Waals surface area contributed by atoms with Crippen molar-refractivity contribution in [3.05, 3.63) is 46.3 Å². The van der Waals surface area contributed by atoms with Gasteiger partial charge in [-0.25, -0.2) is 8.42 Å². The fourth-order valence-corrected chi connectivity index (χ4v) is 4.97. The van der Waals surface area contributed by atoms with Gasteiger partial charge in [0.2, 0.25) is 10.0 Å². The van der Waals surface area contributed by atoms with E-state index in [0.29, 0.717) is 24.3 Å². The van der Waals surface area contributed by atoms with Gasteiger partial charge in [-0.05, 0) is 44.9 Å². The van der Waals surface area contributed by atoms with Crippen LogP contribution in [0.3, 0.4) is 0 Å². The molecule has 1 aliphatic heterocycles. The summed E-state index contributed by atoms with van der Waals surface area (Å²) in [6.07, 6.45) is 0. The van der Waals surface area contributed by atoms with E-state index in [1.165, 1.54) is 4.31 Å². The molecule has 1 aromatic carbocycles. The summed E-state index contributed by atoms with van der Waals surface area (Å²) in [5.41, 5.74) is 3.06. The third kappa shape index (κ3) is 3.14. The second kappa shape index (κ2) is 6.85. The zero-order chi connectivity index (χ0) is 19.1. The van der Waals surface area contributed by atoms with E-state index in [1.54, 1.807) is 18.7 Å². The smallest absolute Gasteiger partial charge is 0.254 e. The van der Waals surface area contributed by atoms with Crippen LogP contribution in [0.4, 0.5) is 0 Å². The Morgan fingerprint density at radius 2 is 1.73 bits per heavy atom. The maximum Gasteiger partial charge on any atom is 0.254 e. The Kier molecular flexibility index (Phi) is 4.90.